The summed E-state index contributed by atoms with van der Waals surface area (Å²) in [5, 5.41) is 3.31. The molecule has 0 amide bonds. The second kappa shape index (κ2) is 4.60. The van der Waals surface area contributed by atoms with Gasteiger partial charge in [0.15, 0.2) is 0 Å². The summed E-state index contributed by atoms with van der Waals surface area (Å²) in [7, 11) is 0. The Morgan fingerprint density at radius 3 is 2.08 bits per heavy atom. The van der Waals surface area contributed by atoms with Crippen LogP contribution in [0, 0.1) is 0 Å². The van der Waals surface area contributed by atoms with E-state index in [-0.39, 0.29) is 12.4 Å². The van der Waals surface area contributed by atoms with Gasteiger partial charge in [-0.2, -0.15) is 0 Å². The first-order valence-corrected chi connectivity index (χ1v) is 4.86. The largest absolute Gasteiger partial charge is 0.373 e. The molecule has 13 heavy (non-hydrogen) atoms. The molecule has 0 saturated carbocycles. The van der Waals surface area contributed by atoms with E-state index >= 15 is 0 Å². The molecule has 2 saturated heterocycles. The minimum Gasteiger partial charge on any atom is -0.373 e. The zero-order valence-corrected chi connectivity index (χ0v) is 9.14. The van der Waals surface area contributed by atoms with Crippen molar-refractivity contribution < 1.29 is 4.74 Å². The number of hydrogen-bond donors (Lipinski definition) is 1. The molecule has 2 aliphatic rings. The Hall–Kier alpha value is 0.170. The van der Waals surface area contributed by atoms with E-state index in [0.717, 1.165) is 19.1 Å². The number of morpholine rings is 1. The zero-order valence-electron chi connectivity index (χ0n) is 8.32. The Kier molecular flexibility index (Phi) is 3.98. The molecule has 2 aliphatic heterocycles. The first-order valence-electron chi connectivity index (χ1n) is 4.86. The summed E-state index contributed by atoms with van der Waals surface area (Å²) in [5.74, 6) is 0. The molecule has 78 valence electrons. The summed E-state index contributed by atoms with van der Waals surface area (Å²) in [5.41, 5.74) is 0. The van der Waals surface area contributed by atoms with Gasteiger partial charge in [0.1, 0.15) is 0 Å². The van der Waals surface area contributed by atoms with Crippen LogP contribution in [0.25, 0.3) is 0 Å². The highest BCUT2D eigenvalue weighted by Crippen LogP contribution is 2.15. The third kappa shape index (κ3) is 2.56. The normalized spacial score (nSPS) is 36.5. The maximum Gasteiger partial charge on any atom is 0.0678 e. The van der Waals surface area contributed by atoms with Crippen LogP contribution in [0.4, 0.5) is 0 Å². The van der Waals surface area contributed by atoms with E-state index in [9.17, 15) is 0 Å². The van der Waals surface area contributed by atoms with Crippen LogP contribution in [0.15, 0.2) is 0 Å². The highest BCUT2D eigenvalue weighted by atomic mass is 35.5. The van der Waals surface area contributed by atoms with Gasteiger partial charge in [0.05, 0.1) is 12.2 Å². The van der Waals surface area contributed by atoms with Crippen LogP contribution in [0.2, 0.25) is 0 Å². The Balaban J connectivity index is 0.000000845. The highest BCUT2D eigenvalue weighted by Gasteiger charge is 2.30. The molecule has 0 bridgehead atoms. The fourth-order valence-electron chi connectivity index (χ4n) is 2.05. The Morgan fingerprint density at radius 1 is 1.15 bits per heavy atom. The first-order chi connectivity index (χ1) is 5.75. The molecule has 0 unspecified atom stereocenters. The van der Waals surface area contributed by atoms with Crippen molar-refractivity contribution in [3.05, 3.63) is 0 Å². The van der Waals surface area contributed by atoms with E-state index < -0.39 is 0 Å². The molecule has 3 nitrogen and oxygen atoms in total. The summed E-state index contributed by atoms with van der Waals surface area (Å²) in [4.78, 5) is 2.55. The molecule has 0 aromatic rings. The molecule has 1 N–H and O–H groups in total. The summed E-state index contributed by atoms with van der Waals surface area (Å²) < 4.78 is 5.67. The van der Waals surface area contributed by atoms with E-state index in [1.807, 2.05) is 0 Å². The Morgan fingerprint density at radius 2 is 1.69 bits per heavy atom. The number of halogens is 1. The van der Waals surface area contributed by atoms with Crippen molar-refractivity contribution in [2.45, 2.75) is 32.1 Å². The third-order valence-electron chi connectivity index (χ3n) is 2.72. The summed E-state index contributed by atoms with van der Waals surface area (Å²) >= 11 is 0. The van der Waals surface area contributed by atoms with Gasteiger partial charge >= 0.3 is 0 Å². The Bertz CT molecular complexity index is 154. The van der Waals surface area contributed by atoms with Gasteiger partial charge in [0.25, 0.3) is 0 Å². The van der Waals surface area contributed by atoms with Crippen LogP contribution in [-0.4, -0.2) is 49.3 Å². The molecule has 2 fully saturated rings. The minimum atomic E-state index is 0. The van der Waals surface area contributed by atoms with E-state index in [1.165, 1.54) is 13.1 Å². The van der Waals surface area contributed by atoms with Gasteiger partial charge in [0.2, 0.25) is 0 Å². The fourth-order valence-corrected chi connectivity index (χ4v) is 2.05. The molecule has 0 radical (unpaired) electrons. The first kappa shape index (κ1) is 11.2. The molecule has 2 atom stereocenters. The molecule has 0 aromatic carbocycles. The van der Waals surface area contributed by atoms with Gasteiger partial charge in [-0.25, -0.2) is 0 Å². The van der Waals surface area contributed by atoms with E-state index in [4.69, 9.17) is 4.74 Å². The standard InChI is InChI=1S/C9H18N2O.ClH/c1-7-5-11(6-8(2)12-7)9-3-10-4-9;/h7-10H,3-6H2,1-2H3;1H/t7-,8+;. The summed E-state index contributed by atoms with van der Waals surface area (Å²) in [6.45, 7) is 8.87. The average molecular weight is 207 g/mol. The van der Waals surface area contributed by atoms with E-state index in [1.54, 1.807) is 0 Å². The maximum atomic E-state index is 5.67. The molecule has 0 aromatic heterocycles. The highest BCUT2D eigenvalue weighted by molar-refractivity contribution is 5.85. The monoisotopic (exact) mass is 206 g/mol. The molecule has 0 aliphatic carbocycles. The Labute approximate surface area is 86.2 Å². The lowest BCUT2D eigenvalue weighted by molar-refractivity contribution is -0.0857. The number of ether oxygens (including phenoxy) is 1. The van der Waals surface area contributed by atoms with Crippen LogP contribution in [0.1, 0.15) is 13.8 Å². The molecular weight excluding hydrogens is 188 g/mol. The van der Waals surface area contributed by atoms with Crippen LogP contribution in [0.5, 0.6) is 0 Å². The van der Waals surface area contributed by atoms with Crippen LogP contribution in [0.3, 0.4) is 0 Å². The maximum absolute atomic E-state index is 5.67. The quantitative estimate of drug-likeness (QED) is 0.676. The molecule has 0 spiro atoms. The van der Waals surface area contributed by atoms with Crippen molar-refractivity contribution in [2.75, 3.05) is 26.2 Å². The molecular formula is C9H19ClN2O. The number of nitrogens with one attached hydrogen (secondary N) is 1. The SMILES string of the molecule is C[C@@H]1CN(C2CNC2)C[C@H](C)O1.Cl. The summed E-state index contributed by atoms with van der Waals surface area (Å²) in [6, 6.07) is 0.777. The lowest BCUT2D eigenvalue weighted by Crippen LogP contribution is -2.61. The third-order valence-corrected chi connectivity index (χ3v) is 2.72. The van der Waals surface area contributed by atoms with E-state index in [0.29, 0.717) is 12.2 Å². The van der Waals surface area contributed by atoms with Crippen molar-refractivity contribution >= 4 is 12.4 Å². The predicted octanol–water partition coefficient (Wildman–Crippen LogP) is 0.489. The van der Waals surface area contributed by atoms with Gasteiger partial charge in [-0.15, -0.1) is 12.4 Å². The van der Waals surface area contributed by atoms with E-state index in [2.05, 4.69) is 24.1 Å². The zero-order chi connectivity index (χ0) is 8.55. The second-order valence-electron chi connectivity index (χ2n) is 4.02. The number of rotatable bonds is 1. The van der Waals surface area contributed by atoms with Crippen molar-refractivity contribution in [3.8, 4) is 0 Å². The van der Waals surface area contributed by atoms with Gasteiger partial charge in [-0.3, -0.25) is 4.90 Å². The average Bonchev–Trinajstić information content (AvgIpc) is 1.79. The topological polar surface area (TPSA) is 24.5 Å². The lowest BCUT2D eigenvalue weighted by atomic mass is 10.1. The number of nitrogens with zero attached hydrogens (tertiary/aromatic N) is 1. The predicted molar refractivity (Wildman–Crippen MR) is 55.5 cm³/mol. The summed E-state index contributed by atoms with van der Waals surface area (Å²) in [6.07, 6.45) is 0.823. The van der Waals surface area contributed by atoms with Gasteiger partial charge in [0, 0.05) is 32.2 Å². The van der Waals surface area contributed by atoms with Crippen molar-refractivity contribution in [1.82, 2.24) is 10.2 Å². The van der Waals surface area contributed by atoms with Crippen LogP contribution in [-0.2, 0) is 4.74 Å². The molecule has 4 heteroatoms. The minimum absolute atomic E-state index is 0. The van der Waals surface area contributed by atoms with Gasteiger partial charge < -0.3 is 10.1 Å². The molecule has 2 rings (SSSR count). The second-order valence-corrected chi connectivity index (χ2v) is 4.02. The van der Waals surface area contributed by atoms with Crippen LogP contribution >= 0.6 is 12.4 Å². The molecule has 2 heterocycles. The lowest BCUT2D eigenvalue weighted by Gasteiger charge is -2.44. The van der Waals surface area contributed by atoms with Crippen molar-refractivity contribution in [3.63, 3.8) is 0 Å². The van der Waals surface area contributed by atoms with Gasteiger partial charge in [-0.05, 0) is 13.8 Å². The van der Waals surface area contributed by atoms with Gasteiger partial charge in [-0.1, -0.05) is 0 Å². The van der Waals surface area contributed by atoms with Crippen molar-refractivity contribution in [1.29, 1.82) is 0 Å². The fraction of sp³-hybridized carbons (Fsp3) is 1.00. The number of hydrogen-bond acceptors (Lipinski definition) is 3. The van der Waals surface area contributed by atoms with Crippen LogP contribution < -0.4 is 5.32 Å². The smallest absolute Gasteiger partial charge is 0.0678 e. The van der Waals surface area contributed by atoms with Crippen molar-refractivity contribution in [2.24, 2.45) is 0 Å².